The van der Waals surface area contributed by atoms with Crippen LogP contribution in [0.5, 0.6) is 5.75 Å². The van der Waals surface area contributed by atoms with Crippen LogP contribution >= 0.6 is 11.6 Å². The molecule has 0 amide bonds. The van der Waals surface area contributed by atoms with E-state index >= 15 is 0 Å². The fraction of sp³-hybridized carbons (Fsp3) is 0.333. The summed E-state index contributed by atoms with van der Waals surface area (Å²) in [6.45, 7) is 1.92. The lowest BCUT2D eigenvalue weighted by Crippen LogP contribution is -2.24. The second-order valence-electron chi connectivity index (χ2n) is 3.40. The van der Waals surface area contributed by atoms with Crippen molar-refractivity contribution in [3.05, 3.63) is 41.7 Å². The minimum absolute atomic E-state index is 0.295. The van der Waals surface area contributed by atoms with Gasteiger partial charge in [-0.15, -0.1) is 0 Å². The largest absolute Gasteiger partial charge is 0.489 e. The monoisotopic (exact) mass is 243 g/mol. The molecule has 0 saturated carbocycles. The molecule has 0 fully saturated rings. The Morgan fingerprint density at radius 2 is 2.19 bits per heavy atom. The molecule has 0 spiro atoms. The van der Waals surface area contributed by atoms with E-state index in [2.05, 4.69) is 0 Å². The van der Waals surface area contributed by atoms with Crippen LogP contribution in [-0.2, 0) is 0 Å². The molecule has 0 N–H and O–H groups in total. The van der Waals surface area contributed by atoms with Crippen LogP contribution in [0.25, 0.3) is 0 Å². The molecular formula is C12H15ClFNO. The van der Waals surface area contributed by atoms with E-state index in [-0.39, 0.29) is 5.82 Å². The average molecular weight is 244 g/mol. The first kappa shape index (κ1) is 13.0. The number of halogens is 2. The van der Waals surface area contributed by atoms with Crippen LogP contribution in [0.15, 0.2) is 35.9 Å². The second-order valence-corrected chi connectivity index (χ2v) is 3.65. The summed E-state index contributed by atoms with van der Waals surface area (Å²) in [5.74, 6) is -0.0328. The number of hydrogen-bond acceptors (Lipinski definition) is 2. The molecule has 16 heavy (non-hydrogen) atoms. The molecule has 1 aromatic rings. The first-order valence-corrected chi connectivity index (χ1v) is 5.49. The Bertz CT molecular complexity index is 344. The highest BCUT2D eigenvalue weighted by molar-refractivity contribution is 6.25. The standard InChI is InChI=1S/C12H15ClFNO/c1-15(8-4-7-13)9-10-16-12-6-3-2-5-11(12)14/h2-7H,8-10H2,1H3/b7-4+. The number of ether oxygens (including phenoxy) is 1. The molecule has 0 bridgehead atoms. The fourth-order valence-corrected chi connectivity index (χ4v) is 1.26. The van der Waals surface area contributed by atoms with E-state index in [1.54, 1.807) is 18.2 Å². The Kier molecular flexibility index (Phi) is 5.90. The number of benzene rings is 1. The van der Waals surface area contributed by atoms with Gasteiger partial charge in [-0.1, -0.05) is 29.8 Å². The van der Waals surface area contributed by atoms with Crippen LogP contribution in [-0.4, -0.2) is 31.6 Å². The minimum atomic E-state index is -0.328. The maximum Gasteiger partial charge on any atom is 0.165 e. The number of nitrogens with zero attached hydrogens (tertiary/aromatic N) is 1. The molecule has 2 nitrogen and oxygen atoms in total. The molecule has 1 rings (SSSR count). The Morgan fingerprint density at radius 3 is 2.88 bits per heavy atom. The van der Waals surface area contributed by atoms with Gasteiger partial charge in [0.15, 0.2) is 11.6 Å². The first-order chi connectivity index (χ1) is 7.74. The summed E-state index contributed by atoms with van der Waals surface area (Å²) in [6, 6.07) is 6.39. The Hall–Kier alpha value is -1.06. The Labute approximate surface area is 100 Å². The molecule has 0 aliphatic rings. The normalized spacial score (nSPS) is 11.2. The zero-order valence-electron chi connectivity index (χ0n) is 9.20. The van der Waals surface area contributed by atoms with Crippen molar-refractivity contribution < 1.29 is 9.13 Å². The summed E-state index contributed by atoms with van der Waals surface area (Å²) in [7, 11) is 1.95. The summed E-state index contributed by atoms with van der Waals surface area (Å²) in [5, 5.41) is 0. The van der Waals surface area contributed by atoms with Gasteiger partial charge in [0, 0.05) is 18.6 Å². The molecule has 0 atom stereocenters. The molecule has 0 unspecified atom stereocenters. The van der Waals surface area contributed by atoms with Gasteiger partial charge in [-0.05, 0) is 19.2 Å². The van der Waals surface area contributed by atoms with Crippen molar-refractivity contribution in [1.82, 2.24) is 4.90 Å². The van der Waals surface area contributed by atoms with Crippen LogP contribution in [0.4, 0.5) is 4.39 Å². The van der Waals surface area contributed by atoms with Gasteiger partial charge in [-0.25, -0.2) is 4.39 Å². The third-order valence-corrected chi connectivity index (χ3v) is 2.25. The van der Waals surface area contributed by atoms with Crippen molar-refractivity contribution in [3.8, 4) is 5.75 Å². The number of para-hydroxylation sites is 1. The molecule has 0 heterocycles. The van der Waals surface area contributed by atoms with Crippen molar-refractivity contribution in [2.75, 3.05) is 26.7 Å². The van der Waals surface area contributed by atoms with Gasteiger partial charge < -0.3 is 4.74 Å². The van der Waals surface area contributed by atoms with E-state index < -0.39 is 0 Å². The third kappa shape index (κ3) is 4.64. The van der Waals surface area contributed by atoms with E-state index in [9.17, 15) is 4.39 Å². The zero-order valence-corrected chi connectivity index (χ0v) is 9.95. The second kappa shape index (κ2) is 7.25. The topological polar surface area (TPSA) is 12.5 Å². The van der Waals surface area contributed by atoms with E-state index in [1.165, 1.54) is 11.6 Å². The SMILES string of the molecule is CN(C/C=C/Cl)CCOc1ccccc1F. The molecule has 0 saturated heterocycles. The first-order valence-electron chi connectivity index (χ1n) is 5.05. The minimum Gasteiger partial charge on any atom is -0.489 e. The van der Waals surface area contributed by atoms with Crippen molar-refractivity contribution in [1.29, 1.82) is 0 Å². The molecule has 88 valence electrons. The molecule has 4 heteroatoms. The average Bonchev–Trinajstić information content (AvgIpc) is 2.29. The number of likely N-dealkylation sites (N-methyl/N-ethyl adjacent to an activating group) is 1. The van der Waals surface area contributed by atoms with Crippen molar-refractivity contribution >= 4 is 11.6 Å². The highest BCUT2D eigenvalue weighted by Gasteiger charge is 2.01. The highest BCUT2D eigenvalue weighted by atomic mass is 35.5. The van der Waals surface area contributed by atoms with Gasteiger partial charge in [0.05, 0.1) is 0 Å². The molecule has 0 aromatic heterocycles. The maximum atomic E-state index is 13.1. The maximum absolute atomic E-state index is 13.1. The smallest absolute Gasteiger partial charge is 0.165 e. The highest BCUT2D eigenvalue weighted by Crippen LogP contribution is 2.14. The third-order valence-electron chi connectivity index (χ3n) is 2.07. The predicted molar refractivity (Wildman–Crippen MR) is 64.4 cm³/mol. The summed E-state index contributed by atoms with van der Waals surface area (Å²) < 4.78 is 18.5. The van der Waals surface area contributed by atoms with Crippen LogP contribution in [0.1, 0.15) is 0 Å². The van der Waals surface area contributed by atoms with E-state index in [4.69, 9.17) is 16.3 Å². The quantitative estimate of drug-likeness (QED) is 0.762. The number of hydrogen-bond donors (Lipinski definition) is 0. The molecule has 0 radical (unpaired) electrons. The molecular weight excluding hydrogens is 229 g/mol. The fourth-order valence-electron chi connectivity index (χ4n) is 1.18. The summed E-state index contributed by atoms with van der Waals surface area (Å²) in [6.07, 6.45) is 1.84. The molecule has 0 aliphatic carbocycles. The Balaban J connectivity index is 2.28. The van der Waals surface area contributed by atoms with Gasteiger partial charge in [0.25, 0.3) is 0 Å². The van der Waals surface area contributed by atoms with Gasteiger partial charge in [0.1, 0.15) is 6.61 Å². The van der Waals surface area contributed by atoms with Crippen molar-refractivity contribution in [3.63, 3.8) is 0 Å². The van der Waals surface area contributed by atoms with Crippen molar-refractivity contribution in [2.24, 2.45) is 0 Å². The molecule has 1 aromatic carbocycles. The van der Waals surface area contributed by atoms with E-state index in [1.807, 2.05) is 18.0 Å². The predicted octanol–water partition coefficient (Wildman–Crippen LogP) is 2.89. The van der Waals surface area contributed by atoms with Gasteiger partial charge in [-0.3, -0.25) is 4.90 Å². The van der Waals surface area contributed by atoms with E-state index in [0.29, 0.717) is 12.4 Å². The lowest BCUT2D eigenvalue weighted by atomic mass is 10.3. The van der Waals surface area contributed by atoms with Crippen LogP contribution in [0.3, 0.4) is 0 Å². The van der Waals surface area contributed by atoms with Crippen LogP contribution < -0.4 is 4.74 Å². The summed E-state index contributed by atoms with van der Waals surface area (Å²) >= 11 is 5.41. The van der Waals surface area contributed by atoms with Gasteiger partial charge >= 0.3 is 0 Å². The van der Waals surface area contributed by atoms with Gasteiger partial charge in [-0.2, -0.15) is 0 Å². The van der Waals surface area contributed by atoms with Gasteiger partial charge in [0.2, 0.25) is 0 Å². The summed E-state index contributed by atoms with van der Waals surface area (Å²) in [5.41, 5.74) is 1.48. The van der Waals surface area contributed by atoms with E-state index in [0.717, 1.165) is 13.1 Å². The Morgan fingerprint density at radius 1 is 1.44 bits per heavy atom. The summed E-state index contributed by atoms with van der Waals surface area (Å²) in [4.78, 5) is 2.03. The zero-order chi connectivity index (χ0) is 11.8. The number of rotatable bonds is 6. The van der Waals surface area contributed by atoms with Crippen LogP contribution in [0, 0.1) is 5.82 Å². The van der Waals surface area contributed by atoms with Crippen LogP contribution in [0.2, 0.25) is 0 Å². The molecule has 0 aliphatic heterocycles. The lowest BCUT2D eigenvalue weighted by Gasteiger charge is -2.14. The lowest BCUT2D eigenvalue weighted by molar-refractivity contribution is 0.242. The van der Waals surface area contributed by atoms with Crippen molar-refractivity contribution in [2.45, 2.75) is 0 Å².